The molecule has 4 nitrogen and oxygen atoms in total. The number of carbonyl (C=O) groups excluding carboxylic acids is 1. The van der Waals surface area contributed by atoms with Gasteiger partial charge in [0.25, 0.3) is 0 Å². The maximum Gasteiger partial charge on any atom is 0.407 e. The Hall–Kier alpha value is -2.11. The van der Waals surface area contributed by atoms with E-state index in [4.69, 9.17) is 10.5 Å². The summed E-state index contributed by atoms with van der Waals surface area (Å²) in [4.78, 5) is 11.4. The summed E-state index contributed by atoms with van der Waals surface area (Å²) in [6.45, 7) is 5.62. The van der Waals surface area contributed by atoms with Crippen molar-refractivity contribution in [1.82, 2.24) is 5.32 Å². The van der Waals surface area contributed by atoms with Gasteiger partial charge in [0.1, 0.15) is 5.60 Å². The average Bonchev–Trinajstić information content (AvgIpc) is 2.35. The molecule has 0 spiro atoms. The van der Waals surface area contributed by atoms with Crippen LogP contribution in [0.5, 0.6) is 0 Å². The van der Waals surface area contributed by atoms with Crippen LogP contribution in [0, 0.1) is 11.6 Å². The van der Waals surface area contributed by atoms with Gasteiger partial charge in [-0.1, -0.05) is 12.2 Å². The van der Waals surface area contributed by atoms with Gasteiger partial charge < -0.3 is 15.8 Å². The van der Waals surface area contributed by atoms with Gasteiger partial charge in [-0.25, -0.2) is 13.6 Å². The van der Waals surface area contributed by atoms with Crippen molar-refractivity contribution in [2.45, 2.75) is 32.8 Å². The van der Waals surface area contributed by atoms with Gasteiger partial charge in [0, 0.05) is 17.8 Å². The molecule has 21 heavy (non-hydrogen) atoms. The van der Waals surface area contributed by atoms with Crippen LogP contribution in [0.3, 0.4) is 0 Å². The first-order valence-electron chi connectivity index (χ1n) is 6.57. The molecule has 0 bridgehead atoms. The smallest absolute Gasteiger partial charge is 0.407 e. The molecule has 1 amide bonds. The second-order valence-corrected chi connectivity index (χ2v) is 5.48. The Kier molecular flexibility index (Phi) is 5.69. The van der Waals surface area contributed by atoms with Gasteiger partial charge in [-0.2, -0.15) is 0 Å². The summed E-state index contributed by atoms with van der Waals surface area (Å²) in [6, 6.07) is 2.28. The molecule has 3 N–H and O–H groups in total. The number of nitrogens with one attached hydrogen (secondary N) is 1. The lowest BCUT2D eigenvalue weighted by Gasteiger charge is -2.19. The molecule has 0 heterocycles. The van der Waals surface area contributed by atoms with Gasteiger partial charge in [-0.05, 0) is 39.3 Å². The summed E-state index contributed by atoms with van der Waals surface area (Å²) >= 11 is 0. The molecule has 0 unspecified atom stereocenters. The molecule has 0 aliphatic carbocycles. The Labute approximate surface area is 123 Å². The highest BCUT2D eigenvalue weighted by Gasteiger charge is 2.15. The molecule has 0 aliphatic heterocycles. The van der Waals surface area contributed by atoms with Crippen LogP contribution >= 0.6 is 0 Å². The first-order chi connectivity index (χ1) is 9.70. The number of nitrogens with two attached hydrogens (primary N) is 1. The predicted octanol–water partition coefficient (Wildman–Crippen LogP) is 3.48. The fourth-order valence-corrected chi connectivity index (χ4v) is 1.52. The summed E-state index contributed by atoms with van der Waals surface area (Å²) in [5.74, 6) is -1.93. The van der Waals surface area contributed by atoms with Gasteiger partial charge >= 0.3 is 6.09 Å². The van der Waals surface area contributed by atoms with E-state index in [2.05, 4.69) is 5.32 Å². The molecule has 0 atom stereocenters. The second kappa shape index (κ2) is 7.06. The summed E-state index contributed by atoms with van der Waals surface area (Å²) < 4.78 is 31.6. The molecule has 1 aromatic carbocycles. The third-order valence-electron chi connectivity index (χ3n) is 2.43. The third kappa shape index (κ3) is 5.81. The van der Waals surface area contributed by atoms with Crippen molar-refractivity contribution in [3.63, 3.8) is 0 Å². The standard InChI is InChI=1S/C15H20F2N2O2/c1-15(2,3)21-14(20)19-9-5-4-6-10-12(18)8-7-11(16)13(10)17/h4,6-8H,5,9,18H2,1-3H3,(H,19,20). The fourth-order valence-electron chi connectivity index (χ4n) is 1.52. The van der Waals surface area contributed by atoms with Crippen molar-refractivity contribution >= 4 is 17.9 Å². The Morgan fingerprint density at radius 2 is 2.05 bits per heavy atom. The van der Waals surface area contributed by atoms with Gasteiger partial charge in [0.2, 0.25) is 0 Å². The van der Waals surface area contributed by atoms with Gasteiger partial charge in [0.15, 0.2) is 11.6 Å². The monoisotopic (exact) mass is 298 g/mol. The highest BCUT2D eigenvalue weighted by atomic mass is 19.2. The van der Waals surface area contributed by atoms with E-state index < -0.39 is 23.3 Å². The molecule has 0 aromatic heterocycles. The normalized spacial score (nSPS) is 11.7. The van der Waals surface area contributed by atoms with Gasteiger partial charge in [-0.3, -0.25) is 0 Å². The highest BCUT2D eigenvalue weighted by Crippen LogP contribution is 2.20. The van der Waals surface area contributed by atoms with E-state index in [0.717, 1.165) is 6.07 Å². The number of hydrogen-bond acceptors (Lipinski definition) is 3. The molecular weight excluding hydrogens is 278 g/mol. The van der Waals surface area contributed by atoms with Gasteiger partial charge in [-0.15, -0.1) is 0 Å². The molecule has 0 aliphatic rings. The first-order valence-corrected chi connectivity index (χ1v) is 6.57. The van der Waals surface area contributed by atoms with E-state index in [9.17, 15) is 13.6 Å². The van der Waals surface area contributed by atoms with E-state index in [1.54, 1.807) is 26.8 Å². The van der Waals surface area contributed by atoms with Crippen LogP contribution in [0.2, 0.25) is 0 Å². The topological polar surface area (TPSA) is 64.3 Å². The minimum Gasteiger partial charge on any atom is -0.444 e. The Morgan fingerprint density at radius 1 is 1.38 bits per heavy atom. The van der Waals surface area contributed by atoms with E-state index in [-0.39, 0.29) is 11.3 Å². The number of rotatable bonds is 4. The van der Waals surface area contributed by atoms with E-state index in [0.29, 0.717) is 13.0 Å². The molecule has 1 aromatic rings. The Bertz CT molecular complexity index is 537. The largest absolute Gasteiger partial charge is 0.444 e. The number of carbonyl (C=O) groups is 1. The molecule has 1 rings (SSSR count). The second-order valence-electron chi connectivity index (χ2n) is 5.48. The van der Waals surface area contributed by atoms with Crippen molar-refractivity contribution in [3.8, 4) is 0 Å². The average molecular weight is 298 g/mol. The lowest BCUT2D eigenvalue weighted by molar-refractivity contribution is 0.0529. The molecule has 6 heteroatoms. The number of alkyl carbamates (subject to hydrolysis) is 1. The number of ether oxygens (including phenoxy) is 1. The number of amides is 1. The summed E-state index contributed by atoms with van der Waals surface area (Å²) in [5, 5.41) is 2.55. The van der Waals surface area contributed by atoms with E-state index >= 15 is 0 Å². The van der Waals surface area contributed by atoms with Crippen molar-refractivity contribution in [3.05, 3.63) is 35.4 Å². The van der Waals surface area contributed by atoms with Crippen LogP contribution < -0.4 is 11.1 Å². The van der Waals surface area contributed by atoms with Crippen molar-refractivity contribution < 1.29 is 18.3 Å². The summed E-state index contributed by atoms with van der Waals surface area (Å²) in [5.41, 5.74) is 5.18. The molecule has 0 fully saturated rings. The maximum atomic E-state index is 13.5. The van der Waals surface area contributed by atoms with E-state index in [1.165, 1.54) is 12.1 Å². The number of hydrogen-bond donors (Lipinski definition) is 2. The number of benzene rings is 1. The molecular formula is C15H20F2N2O2. The molecule has 0 saturated carbocycles. The van der Waals surface area contributed by atoms with Crippen LogP contribution in [-0.4, -0.2) is 18.2 Å². The zero-order valence-corrected chi connectivity index (χ0v) is 12.4. The number of halogens is 2. The van der Waals surface area contributed by atoms with Crippen molar-refractivity contribution in [1.29, 1.82) is 0 Å². The van der Waals surface area contributed by atoms with Crippen LogP contribution in [0.4, 0.5) is 19.3 Å². The third-order valence-corrected chi connectivity index (χ3v) is 2.43. The summed E-state index contributed by atoms with van der Waals surface area (Å²) in [6.07, 6.45) is 2.91. The van der Waals surface area contributed by atoms with Crippen LogP contribution in [0.15, 0.2) is 18.2 Å². The fraction of sp³-hybridized carbons (Fsp3) is 0.400. The lowest BCUT2D eigenvalue weighted by Crippen LogP contribution is -2.32. The first kappa shape index (κ1) is 16.9. The van der Waals surface area contributed by atoms with Crippen molar-refractivity contribution in [2.24, 2.45) is 0 Å². The lowest BCUT2D eigenvalue weighted by atomic mass is 10.1. The molecule has 0 radical (unpaired) electrons. The quantitative estimate of drug-likeness (QED) is 0.661. The minimum absolute atomic E-state index is 0.00673. The SMILES string of the molecule is CC(C)(C)OC(=O)NCCC=Cc1c(N)ccc(F)c1F. The molecule has 116 valence electrons. The minimum atomic E-state index is -0.980. The predicted molar refractivity (Wildman–Crippen MR) is 78.7 cm³/mol. The molecule has 0 saturated heterocycles. The number of anilines is 1. The van der Waals surface area contributed by atoms with Gasteiger partial charge in [0.05, 0.1) is 0 Å². The van der Waals surface area contributed by atoms with Crippen LogP contribution in [0.25, 0.3) is 6.08 Å². The number of nitrogen functional groups attached to an aromatic ring is 1. The van der Waals surface area contributed by atoms with Crippen LogP contribution in [0.1, 0.15) is 32.8 Å². The van der Waals surface area contributed by atoms with Crippen LogP contribution in [-0.2, 0) is 4.74 Å². The highest BCUT2D eigenvalue weighted by molar-refractivity contribution is 5.68. The summed E-state index contributed by atoms with van der Waals surface area (Å²) in [7, 11) is 0. The maximum absolute atomic E-state index is 13.5. The van der Waals surface area contributed by atoms with E-state index in [1.807, 2.05) is 0 Å². The Morgan fingerprint density at radius 3 is 2.67 bits per heavy atom. The van der Waals surface area contributed by atoms with Crippen molar-refractivity contribution in [2.75, 3.05) is 12.3 Å². The Balaban J connectivity index is 2.47. The zero-order chi connectivity index (χ0) is 16.0. The zero-order valence-electron chi connectivity index (χ0n) is 12.4.